The van der Waals surface area contributed by atoms with Gasteiger partial charge >= 0.3 is 0 Å². The molecule has 1 unspecified atom stereocenters. The first-order valence-corrected chi connectivity index (χ1v) is 10.1. The van der Waals surface area contributed by atoms with Crippen molar-refractivity contribution in [1.29, 1.82) is 0 Å². The maximum absolute atomic E-state index is 13.5. The van der Waals surface area contributed by atoms with Crippen LogP contribution in [0.5, 0.6) is 11.6 Å². The van der Waals surface area contributed by atoms with Crippen LogP contribution in [0.3, 0.4) is 0 Å². The summed E-state index contributed by atoms with van der Waals surface area (Å²) >= 11 is 1.55. The molecule has 1 aromatic carbocycles. The molecule has 28 heavy (non-hydrogen) atoms. The minimum absolute atomic E-state index is 0.00138. The summed E-state index contributed by atoms with van der Waals surface area (Å²) in [6.45, 7) is 1.44. The Kier molecular flexibility index (Phi) is 5.21. The molecule has 146 valence electrons. The van der Waals surface area contributed by atoms with E-state index in [9.17, 15) is 9.18 Å². The van der Waals surface area contributed by atoms with Crippen LogP contribution in [0.15, 0.2) is 41.5 Å². The molecule has 4 rings (SSSR count). The van der Waals surface area contributed by atoms with Gasteiger partial charge < -0.3 is 14.4 Å². The minimum Gasteiger partial charge on any atom is -0.485 e. The molecule has 1 atom stereocenters. The summed E-state index contributed by atoms with van der Waals surface area (Å²) in [7, 11) is 1.57. The van der Waals surface area contributed by atoms with Crippen LogP contribution < -0.4 is 9.47 Å². The number of methoxy groups -OCH3 is 1. The number of ketones is 1. The second-order valence-electron chi connectivity index (χ2n) is 6.74. The number of thioether (sulfide) groups is 1. The van der Waals surface area contributed by atoms with Crippen LogP contribution in [0, 0.1) is 11.7 Å². The molecule has 6 nitrogen and oxygen atoms in total. The Hall–Kier alpha value is -2.61. The number of amidine groups is 1. The van der Waals surface area contributed by atoms with E-state index >= 15 is 0 Å². The topological polar surface area (TPSA) is 64.0 Å². The van der Waals surface area contributed by atoms with Crippen molar-refractivity contribution in [2.75, 3.05) is 33.1 Å². The Labute approximate surface area is 166 Å². The summed E-state index contributed by atoms with van der Waals surface area (Å²) in [5.41, 5.74) is 1.53. The van der Waals surface area contributed by atoms with Crippen LogP contribution in [0.2, 0.25) is 0 Å². The number of carbonyl (C=O) groups is 1. The number of hydrogen-bond acceptors (Lipinski definition) is 6. The first-order valence-electron chi connectivity index (χ1n) is 8.91. The van der Waals surface area contributed by atoms with Crippen molar-refractivity contribution in [1.82, 2.24) is 9.88 Å². The first kappa shape index (κ1) is 18.7. The average Bonchev–Trinajstić information content (AvgIpc) is 2.68. The lowest BCUT2D eigenvalue weighted by molar-refractivity contribution is -0.126. The quantitative estimate of drug-likeness (QED) is 0.581. The van der Waals surface area contributed by atoms with Crippen molar-refractivity contribution in [3.8, 4) is 11.6 Å². The molecule has 0 N–H and O–H groups in total. The maximum atomic E-state index is 13.5. The number of likely N-dealkylation sites (tertiary alicyclic amines) is 1. The van der Waals surface area contributed by atoms with Gasteiger partial charge in [-0.1, -0.05) is 17.8 Å². The second kappa shape index (κ2) is 7.79. The third kappa shape index (κ3) is 3.56. The third-order valence-electron chi connectivity index (χ3n) is 5.02. The summed E-state index contributed by atoms with van der Waals surface area (Å²) in [5.74, 6) is 0.615. The largest absolute Gasteiger partial charge is 0.485 e. The number of carbonyl (C=O) groups excluding carboxylic acids is 1. The molecule has 0 saturated carbocycles. The van der Waals surface area contributed by atoms with Gasteiger partial charge in [0.2, 0.25) is 5.88 Å². The zero-order valence-electron chi connectivity index (χ0n) is 15.6. The van der Waals surface area contributed by atoms with Gasteiger partial charge in [-0.25, -0.2) is 14.4 Å². The van der Waals surface area contributed by atoms with E-state index in [2.05, 4.69) is 14.9 Å². The highest BCUT2D eigenvalue weighted by atomic mass is 32.2. The molecule has 1 aromatic heterocycles. The zero-order valence-corrected chi connectivity index (χ0v) is 16.4. The van der Waals surface area contributed by atoms with Crippen LogP contribution in [0.1, 0.15) is 11.5 Å². The lowest BCUT2D eigenvalue weighted by Gasteiger charge is -2.45. The molecule has 0 bridgehead atoms. The molecule has 0 spiro atoms. The van der Waals surface area contributed by atoms with Crippen LogP contribution in [-0.2, 0) is 4.79 Å². The van der Waals surface area contributed by atoms with Gasteiger partial charge in [0.25, 0.3) is 0 Å². The molecular weight excluding hydrogens is 381 g/mol. The van der Waals surface area contributed by atoms with Gasteiger partial charge in [-0.05, 0) is 18.4 Å². The number of aromatic nitrogens is 1. The number of rotatable bonds is 3. The fraction of sp³-hybridized carbons (Fsp3) is 0.350. The normalized spacial score (nSPS) is 19.7. The Morgan fingerprint density at radius 3 is 2.86 bits per heavy atom. The van der Waals surface area contributed by atoms with Crippen molar-refractivity contribution in [3.63, 3.8) is 0 Å². The highest BCUT2D eigenvalue weighted by Gasteiger charge is 2.42. The number of fused-ring (bicyclic) bond motifs is 1. The van der Waals surface area contributed by atoms with E-state index in [1.54, 1.807) is 37.2 Å². The van der Waals surface area contributed by atoms with Crippen molar-refractivity contribution in [2.45, 2.75) is 5.92 Å². The molecule has 8 heteroatoms. The third-order valence-corrected chi connectivity index (χ3v) is 5.73. The van der Waals surface area contributed by atoms with Crippen molar-refractivity contribution < 1.29 is 18.7 Å². The van der Waals surface area contributed by atoms with Crippen LogP contribution in [-0.4, -0.2) is 53.9 Å². The van der Waals surface area contributed by atoms with Gasteiger partial charge in [-0.2, -0.15) is 0 Å². The minimum atomic E-state index is -0.355. The van der Waals surface area contributed by atoms with E-state index in [0.717, 1.165) is 29.5 Å². The summed E-state index contributed by atoms with van der Waals surface area (Å²) < 4.78 is 24.0. The van der Waals surface area contributed by atoms with Gasteiger partial charge in [0.1, 0.15) is 18.2 Å². The van der Waals surface area contributed by atoms with Crippen molar-refractivity contribution >= 4 is 28.4 Å². The molecular formula is C20H20FN3O3S. The van der Waals surface area contributed by atoms with Gasteiger partial charge in [-0.3, -0.25) is 4.79 Å². The highest BCUT2D eigenvalue weighted by Crippen LogP contribution is 2.41. The number of nitrogens with zero attached hydrogens (tertiary/aromatic N) is 3. The fourth-order valence-corrected chi connectivity index (χ4v) is 4.22. The molecule has 2 aliphatic heterocycles. The van der Waals surface area contributed by atoms with Gasteiger partial charge in [0, 0.05) is 36.7 Å². The molecule has 2 aliphatic rings. The standard InChI is InChI=1S/C20H20FN3O3S/c1-26-18-6-4-14(8-22-18)23-20(28-2)24-9-12(10-24)19-15-5-3-13(21)7-17(15)27-11-16(19)25/h3-8,12,19H,9-11H2,1-2H3/b23-20+. The summed E-state index contributed by atoms with van der Waals surface area (Å²) in [6.07, 6.45) is 3.64. The number of pyridine rings is 1. The number of hydrogen-bond donors (Lipinski definition) is 0. The summed E-state index contributed by atoms with van der Waals surface area (Å²) in [5, 5.41) is 0.877. The molecule has 0 aliphatic carbocycles. The van der Waals surface area contributed by atoms with Crippen molar-refractivity contribution in [2.24, 2.45) is 10.9 Å². The lowest BCUT2D eigenvalue weighted by atomic mass is 9.77. The van der Waals surface area contributed by atoms with E-state index in [1.165, 1.54) is 12.1 Å². The van der Waals surface area contributed by atoms with Crippen LogP contribution >= 0.6 is 11.8 Å². The van der Waals surface area contributed by atoms with Crippen molar-refractivity contribution in [3.05, 3.63) is 47.9 Å². The number of benzene rings is 1. The van der Waals surface area contributed by atoms with Gasteiger partial charge in [0.05, 0.1) is 24.9 Å². The van der Waals surface area contributed by atoms with E-state index in [-0.39, 0.29) is 30.0 Å². The van der Waals surface area contributed by atoms with E-state index in [0.29, 0.717) is 11.6 Å². The maximum Gasteiger partial charge on any atom is 0.213 e. The highest BCUT2D eigenvalue weighted by molar-refractivity contribution is 8.13. The Bertz CT molecular complexity index is 913. The molecule has 1 fully saturated rings. The van der Waals surface area contributed by atoms with E-state index in [4.69, 9.17) is 9.47 Å². The Balaban J connectivity index is 1.48. The van der Waals surface area contributed by atoms with Crippen LogP contribution in [0.25, 0.3) is 0 Å². The predicted octanol–water partition coefficient (Wildman–Crippen LogP) is 3.26. The molecule has 1 saturated heterocycles. The molecule has 2 aromatic rings. The Morgan fingerprint density at radius 1 is 1.36 bits per heavy atom. The number of ether oxygens (including phenoxy) is 2. The smallest absolute Gasteiger partial charge is 0.213 e. The van der Waals surface area contributed by atoms with Gasteiger partial charge in [-0.15, -0.1) is 0 Å². The SMILES string of the molecule is COc1ccc(/N=C(/SC)N2CC(C3C(=O)COc4cc(F)ccc43)C2)cn1. The fourth-order valence-electron chi connectivity index (χ4n) is 3.61. The summed E-state index contributed by atoms with van der Waals surface area (Å²) in [4.78, 5) is 23.5. The first-order chi connectivity index (χ1) is 13.6. The lowest BCUT2D eigenvalue weighted by Crippen LogP contribution is -2.53. The second-order valence-corrected chi connectivity index (χ2v) is 7.51. The van der Waals surface area contributed by atoms with Gasteiger partial charge in [0.15, 0.2) is 11.0 Å². The monoisotopic (exact) mass is 401 g/mol. The zero-order chi connectivity index (χ0) is 19.7. The number of aliphatic imine (C=N–C) groups is 1. The summed E-state index contributed by atoms with van der Waals surface area (Å²) in [6, 6.07) is 8.03. The Morgan fingerprint density at radius 2 is 2.18 bits per heavy atom. The number of halogens is 1. The molecule has 3 heterocycles. The van der Waals surface area contributed by atoms with E-state index < -0.39 is 0 Å². The van der Waals surface area contributed by atoms with E-state index in [1.807, 2.05) is 12.3 Å². The predicted molar refractivity (Wildman–Crippen MR) is 106 cm³/mol. The molecule has 0 amide bonds. The average molecular weight is 401 g/mol. The molecule has 0 radical (unpaired) electrons. The number of Topliss-reactive ketones (excluding diaryl/α,β-unsaturated/α-hetero) is 1. The van der Waals surface area contributed by atoms with Crippen LogP contribution in [0.4, 0.5) is 10.1 Å².